The zero-order valence-corrected chi connectivity index (χ0v) is 18.7. The molecule has 1 aliphatic rings. The van der Waals surface area contributed by atoms with Crippen molar-refractivity contribution in [2.75, 3.05) is 18.1 Å². The SMILES string of the molecule is CCOc1cc(/C=C2\C(=O)N(CC)c3ccccc32)cc(Cl)c1OCc1cccc(F)c1. The Hall–Kier alpha value is -3.31. The molecule has 0 N–H and O–H groups in total. The van der Waals surface area contributed by atoms with Gasteiger partial charge in [0.1, 0.15) is 12.4 Å². The van der Waals surface area contributed by atoms with E-state index in [1.165, 1.54) is 12.1 Å². The minimum absolute atomic E-state index is 0.0470. The molecule has 0 fully saturated rings. The monoisotopic (exact) mass is 451 g/mol. The Bertz CT molecular complexity index is 1190. The highest BCUT2D eigenvalue weighted by Gasteiger charge is 2.30. The zero-order valence-electron chi connectivity index (χ0n) is 17.9. The van der Waals surface area contributed by atoms with Gasteiger partial charge in [0.2, 0.25) is 0 Å². The lowest BCUT2D eigenvalue weighted by Gasteiger charge is -2.15. The highest BCUT2D eigenvalue weighted by atomic mass is 35.5. The first kappa shape index (κ1) is 21.9. The number of halogens is 2. The largest absolute Gasteiger partial charge is 0.490 e. The number of amides is 1. The number of rotatable bonds is 7. The van der Waals surface area contributed by atoms with E-state index in [1.807, 2.05) is 44.2 Å². The van der Waals surface area contributed by atoms with Crippen LogP contribution in [0.2, 0.25) is 5.02 Å². The van der Waals surface area contributed by atoms with Crippen molar-refractivity contribution in [3.63, 3.8) is 0 Å². The molecule has 6 heteroatoms. The summed E-state index contributed by atoms with van der Waals surface area (Å²) in [6.07, 6.45) is 1.82. The van der Waals surface area contributed by atoms with Crippen molar-refractivity contribution in [1.82, 2.24) is 0 Å². The van der Waals surface area contributed by atoms with Gasteiger partial charge in [0.15, 0.2) is 11.5 Å². The number of ether oxygens (including phenoxy) is 2. The average Bonchev–Trinajstić information content (AvgIpc) is 3.04. The standard InChI is InChI=1S/C26H23ClFNO3/c1-3-29-23-11-6-5-10-20(23)21(26(29)30)13-18-14-22(27)25(24(15-18)31-4-2)32-16-17-8-7-9-19(28)12-17/h5-15H,3-4,16H2,1-2H3/b21-13-. The van der Waals surface area contributed by atoms with E-state index in [2.05, 4.69) is 0 Å². The molecule has 0 aliphatic carbocycles. The molecule has 1 aliphatic heterocycles. The van der Waals surface area contributed by atoms with E-state index in [0.29, 0.717) is 40.8 Å². The first-order valence-electron chi connectivity index (χ1n) is 10.5. The van der Waals surface area contributed by atoms with E-state index in [0.717, 1.165) is 16.8 Å². The summed E-state index contributed by atoms with van der Waals surface area (Å²) in [7, 11) is 0. The van der Waals surface area contributed by atoms with Gasteiger partial charge in [-0.05, 0) is 61.4 Å². The van der Waals surface area contributed by atoms with Gasteiger partial charge >= 0.3 is 0 Å². The Labute approximate surface area is 191 Å². The minimum atomic E-state index is -0.327. The third-order valence-corrected chi connectivity index (χ3v) is 5.47. The first-order chi connectivity index (χ1) is 15.5. The maximum Gasteiger partial charge on any atom is 0.258 e. The average molecular weight is 452 g/mol. The molecule has 4 rings (SSSR count). The molecule has 0 aromatic heterocycles. The number of likely N-dealkylation sites (N-methyl/N-ethyl adjacent to an activating group) is 1. The number of nitrogens with zero attached hydrogens (tertiary/aromatic N) is 1. The summed E-state index contributed by atoms with van der Waals surface area (Å²) in [4.78, 5) is 14.7. The second-order valence-corrected chi connectivity index (χ2v) is 7.71. The highest BCUT2D eigenvalue weighted by molar-refractivity contribution is 6.36. The molecule has 0 radical (unpaired) electrons. The van der Waals surface area contributed by atoms with Gasteiger partial charge in [0.05, 0.1) is 17.3 Å². The number of carbonyl (C=O) groups excluding carboxylic acids is 1. The predicted octanol–water partition coefficient (Wildman–Crippen LogP) is 6.36. The van der Waals surface area contributed by atoms with Crippen LogP contribution >= 0.6 is 11.6 Å². The van der Waals surface area contributed by atoms with Crippen LogP contribution in [0.15, 0.2) is 60.7 Å². The minimum Gasteiger partial charge on any atom is -0.490 e. The van der Waals surface area contributed by atoms with Crippen LogP contribution in [0.5, 0.6) is 11.5 Å². The zero-order chi connectivity index (χ0) is 22.7. The smallest absolute Gasteiger partial charge is 0.258 e. The number of anilines is 1. The molecule has 3 aromatic rings. The number of para-hydroxylation sites is 1. The van der Waals surface area contributed by atoms with Gasteiger partial charge in [0, 0.05) is 17.7 Å². The Balaban J connectivity index is 1.68. The fraction of sp³-hybridized carbons (Fsp3) is 0.192. The Morgan fingerprint density at radius 2 is 1.84 bits per heavy atom. The summed E-state index contributed by atoms with van der Waals surface area (Å²) in [6, 6.07) is 17.5. The Morgan fingerprint density at radius 1 is 1.03 bits per heavy atom. The normalized spacial score (nSPS) is 14.1. The van der Waals surface area contributed by atoms with E-state index in [1.54, 1.807) is 29.2 Å². The number of hydrogen-bond donors (Lipinski definition) is 0. The predicted molar refractivity (Wildman–Crippen MR) is 126 cm³/mol. The molecule has 0 atom stereocenters. The van der Waals surface area contributed by atoms with Crippen molar-refractivity contribution >= 4 is 34.8 Å². The second kappa shape index (κ2) is 9.45. The molecule has 3 aromatic carbocycles. The number of benzene rings is 3. The van der Waals surface area contributed by atoms with Crippen molar-refractivity contribution in [3.05, 3.63) is 88.2 Å². The van der Waals surface area contributed by atoms with Crippen LogP contribution in [0.4, 0.5) is 10.1 Å². The molecule has 0 saturated heterocycles. The Morgan fingerprint density at radius 3 is 2.59 bits per heavy atom. The molecule has 0 unspecified atom stereocenters. The van der Waals surface area contributed by atoms with Crippen molar-refractivity contribution in [2.24, 2.45) is 0 Å². The fourth-order valence-electron chi connectivity index (χ4n) is 3.78. The maximum absolute atomic E-state index is 13.5. The van der Waals surface area contributed by atoms with Gasteiger partial charge in [-0.1, -0.05) is 41.9 Å². The van der Waals surface area contributed by atoms with Gasteiger partial charge in [-0.3, -0.25) is 4.79 Å². The number of fused-ring (bicyclic) bond motifs is 1. The van der Waals surface area contributed by atoms with Crippen molar-refractivity contribution < 1.29 is 18.7 Å². The quantitative estimate of drug-likeness (QED) is 0.392. The summed E-state index contributed by atoms with van der Waals surface area (Å²) >= 11 is 6.54. The maximum atomic E-state index is 13.5. The summed E-state index contributed by atoms with van der Waals surface area (Å²) < 4.78 is 25.1. The molecule has 164 valence electrons. The third-order valence-electron chi connectivity index (χ3n) is 5.19. The molecule has 4 nitrogen and oxygen atoms in total. The van der Waals surface area contributed by atoms with Gasteiger partial charge in [-0.2, -0.15) is 0 Å². The Kier molecular flexibility index (Phi) is 6.47. The number of hydrogen-bond acceptors (Lipinski definition) is 3. The van der Waals surface area contributed by atoms with Crippen LogP contribution in [0.3, 0.4) is 0 Å². The third kappa shape index (κ3) is 4.34. The summed E-state index contributed by atoms with van der Waals surface area (Å²) in [5.41, 5.74) is 3.81. The van der Waals surface area contributed by atoms with Crippen molar-refractivity contribution in [3.8, 4) is 11.5 Å². The summed E-state index contributed by atoms with van der Waals surface area (Å²) in [6.45, 7) is 4.97. The number of carbonyl (C=O) groups is 1. The van der Waals surface area contributed by atoms with E-state index >= 15 is 0 Å². The van der Waals surface area contributed by atoms with Gasteiger partial charge < -0.3 is 14.4 Å². The summed E-state index contributed by atoms with van der Waals surface area (Å²) in [5, 5.41) is 0.352. The van der Waals surface area contributed by atoms with E-state index in [-0.39, 0.29) is 18.3 Å². The van der Waals surface area contributed by atoms with Gasteiger partial charge in [0.25, 0.3) is 5.91 Å². The van der Waals surface area contributed by atoms with Crippen LogP contribution in [-0.2, 0) is 11.4 Å². The van der Waals surface area contributed by atoms with E-state index in [4.69, 9.17) is 21.1 Å². The van der Waals surface area contributed by atoms with Crippen LogP contribution in [0, 0.1) is 5.82 Å². The van der Waals surface area contributed by atoms with E-state index < -0.39 is 0 Å². The van der Waals surface area contributed by atoms with Gasteiger partial charge in [-0.15, -0.1) is 0 Å². The first-order valence-corrected chi connectivity index (χ1v) is 10.9. The molecule has 1 heterocycles. The van der Waals surface area contributed by atoms with Gasteiger partial charge in [-0.25, -0.2) is 4.39 Å². The van der Waals surface area contributed by atoms with Crippen molar-refractivity contribution in [1.29, 1.82) is 0 Å². The molecular formula is C26H23ClFNO3. The van der Waals surface area contributed by atoms with E-state index in [9.17, 15) is 9.18 Å². The van der Waals surface area contributed by atoms with Crippen LogP contribution in [-0.4, -0.2) is 19.1 Å². The second-order valence-electron chi connectivity index (χ2n) is 7.31. The fourth-order valence-corrected chi connectivity index (χ4v) is 4.06. The molecule has 32 heavy (non-hydrogen) atoms. The molecule has 0 spiro atoms. The topological polar surface area (TPSA) is 38.8 Å². The summed E-state index contributed by atoms with van der Waals surface area (Å²) in [5.74, 6) is 0.476. The molecular weight excluding hydrogens is 429 g/mol. The highest BCUT2D eigenvalue weighted by Crippen LogP contribution is 2.41. The lowest BCUT2D eigenvalue weighted by molar-refractivity contribution is -0.112. The van der Waals surface area contributed by atoms with Crippen LogP contribution in [0.1, 0.15) is 30.5 Å². The molecule has 0 saturated carbocycles. The van der Waals surface area contributed by atoms with Crippen LogP contribution in [0.25, 0.3) is 11.6 Å². The molecule has 1 amide bonds. The lowest BCUT2D eigenvalue weighted by Crippen LogP contribution is -2.25. The van der Waals surface area contributed by atoms with Crippen LogP contribution < -0.4 is 14.4 Å². The van der Waals surface area contributed by atoms with Crippen molar-refractivity contribution in [2.45, 2.75) is 20.5 Å². The molecule has 0 bridgehead atoms. The lowest BCUT2D eigenvalue weighted by atomic mass is 10.0.